The Hall–Kier alpha value is -0.660. The van der Waals surface area contributed by atoms with Crippen LogP contribution in [0.4, 0.5) is 0 Å². The van der Waals surface area contributed by atoms with Gasteiger partial charge < -0.3 is 10.4 Å². The number of hydrogen-bond acceptors (Lipinski definition) is 4. The van der Waals surface area contributed by atoms with Crippen molar-refractivity contribution in [3.05, 3.63) is 0 Å². The van der Waals surface area contributed by atoms with E-state index in [-0.39, 0.29) is 24.8 Å². The van der Waals surface area contributed by atoms with E-state index in [0.717, 1.165) is 0 Å². The molecule has 0 unspecified atom stereocenters. The second kappa shape index (κ2) is 8.49. The molecule has 0 saturated heterocycles. The second-order valence-corrected chi connectivity index (χ2v) is 5.27. The molecule has 0 aromatic carbocycles. The van der Waals surface area contributed by atoms with Crippen molar-refractivity contribution in [3.8, 4) is 0 Å². The van der Waals surface area contributed by atoms with E-state index in [1.54, 1.807) is 6.92 Å². The van der Waals surface area contributed by atoms with Gasteiger partial charge in [0.05, 0.1) is 5.75 Å². The summed E-state index contributed by atoms with van der Waals surface area (Å²) in [6.07, 6.45) is 1.52. The molecular weight excluding hydrogens is 232 g/mol. The average Bonchev–Trinajstić information content (AvgIpc) is 2.17. The molecule has 0 fully saturated rings. The fourth-order valence-electron chi connectivity index (χ4n) is 1.10. The summed E-state index contributed by atoms with van der Waals surface area (Å²) in [7, 11) is -3.26. The lowest BCUT2D eigenvalue weighted by Crippen LogP contribution is -2.34. The van der Waals surface area contributed by atoms with Gasteiger partial charge in [-0.1, -0.05) is 6.92 Å². The van der Waals surface area contributed by atoms with Crippen LogP contribution in [0.2, 0.25) is 0 Å². The maximum absolute atomic E-state index is 11.2. The van der Waals surface area contributed by atoms with Gasteiger partial charge >= 0.3 is 0 Å². The molecule has 96 valence electrons. The molecule has 0 saturated carbocycles. The first-order chi connectivity index (χ1) is 7.52. The van der Waals surface area contributed by atoms with E-state index in [9.17, 15) is 13.2 Å². The minimum atomic E-state index is -3.26. The first kappa shape index (κ1) is 15.3. The Balaban J connectivity index is 3.61. The van der Waals surface area contributed by atoms with E-state index in [1.807, 2.05) is 0 Å². The van der Waals surface area contributed by atoms with Crippen molar-refractivity contribution >= 4 is 15.9 Å². The SMILES string of the molecule is CCNS(=O)(=O)CCNC(=O)CCCCO. The Labute approximate surface area is 96.5 Å². The Morgan fingerprint density at radius 2 is 2.00 bits per heavy atom. The number of amides is 1. The molecule has 0 aromatic heterocycles. The molecule has 1 amide bonds. The number of sulfonamides is 1. The molecule has 0 rings (SSSR count). The van der Waals surface area contributed by atoms with Crippen LogP contribution < -0.4 is 10.0 Å². The zero-order valence-corrected chi connectivity index (χ0v) is 10.3. The van der Waals surface area contributed by atoms with E-state index >= 15 is 0 Å². The molecule has 7 heteroatoms. The quantitative estimate of drug-likeness (QED) is 0.468. The molecule has 0 heterocycles. The molecule has 0 aliphatic rings. The van der Waals surface area contributed by atoms with E-state index in [4.69, 9.17) is 5.11 Å². The number of aliphatic hydroxyl groups is 1. The van der Waals surface area contributed by atoms with E-state index in [1.165, 1.54) is 0 Å². The molecular formula is C9H20N2O4S. The first-order valence-electron chi connectivity index (χ1n) is 5.36. The predicted octanol–water partition coefficient (Wildman–Crippen LogP) is -0.795. The first-order valence-corrected chi connectivity index (χ1v) is 7.02. The molecule has 0 aromatic rings. The van der Waals surface area contributed by atoms with Crippen LogP contribution in [0, 0.1) is 0 Å². The van der Waals surface area contributed by atoms with Crippen molar-refractivity contribution in [1.29, 1.82) is 0 Å². The van der Waals surface area contributed by atoms with Gasteiger partial charge in [0.15, 0.2) is 0 Å². The maximum Gasteiger partial charge on any atom is 0.220 e. The summed E-state index contributed by atoms with van der Waals surface area (Å²) in [5.41, 5.74) is 0. The Morgan fingerprint density at radius 3 is 2.56 bits per heavy atom. The van der Waals surface area contributed by atoms with Gasteiger partial charge in [0.25, 0.3) is 0 Å². The highest BCUT2D eigenvalue weighted by atomic mass is 32.2. The number of carbonyl (C=O) groups is 1. The highest BCUT2D eigenvalue weighted by molar-refractivity contribution is 7.89. The van der Waals surface area contributed by atoms with Gasteiger partial charge in [-0.2, -0.15) is 0 Å². The molecule has 0 atom stereocenters. The van der Waals surface area contributed by atoms with Crippen molar-refractivity contribution in [2.75, 3.05) is 25.4 Å². The van der Waals surface area contributed by atoms with Crippen molar-refractivity contribution in [2.24, 2.45) is 0 Å². The van der Waals surface area contributed by atoms with Crippen LogP contribution in [0.3, 0.4) is 0 Å². The zero-order valence-electron chi connectivity index (χ0n) is 9.53. The summed E-state index contributed by atoms with van der Waals surface area (Å²) in [5.74, 6) is -0.285. The molecule has 0 spiro atoms. The number of aliphatic hydroxyl groups excluding tert-OH is 1. The summed E-state index contributed by atoms with van der Waals surface area (Å²) in [6, 6.07) is 0. The lowest BCUT2D eigenvalue weighted by Gasteiger charge is -2.06. The number of rotatable bonds is 9. The average molecular weight is 252 g/mol. The summed E-state index contributed by atoms with van der Waals surface area (Å²) >= 11 is 0. The number of carbonyl (C=O) groups excluding carboxylic acids is 1. The van der Waals surface area contributed by atoms with Crippen LogP contribution in [0.15, 0.2) is 0 Å². The van der Waals surface area contributed by atoms with Crippen LogP contribution >= 0.6 is 0 Å². The van der Waals surface area contributed by atoms with Crippen LogP contribution in [-0.4, -0.2) is 44.9 Å². The van der Waals surface area contributed by atoms with Crippen molar-refractivity contribution in [3.63, 3.8) is 0 Å². The molecule has 0 radical (unpaired) electrons. The van der Waals surface area contributed by atoms with Crippen molar-refractivity contribution in [2.45, 2.75) is 26.2 Å². The van der Waals surface area contributed by atoms with Gasteiger partial charge in [0.1, 0.15) is 0 Å². The molecule has 6 nitrogen and oxygen atoms in total. The molecule has 16 heavy (non-hydrogen) atoms. The number of hydrogen-bond donors (Lipinski definition) is 3. The van der Waals surface area contributed by atoms with Crippen molar-refractivity contribution in [1.82, 2.24) is 10.0 Å². The molecule has 0 bridgehead atoms. The summed E-state index contributed by atoms with van der Waals surface area (Å²) < 4.78 is 24.7. The van der Waals surface area contributed by atoms with Gasteiger partial charge in [-0.15, -0.1) is 0 Å². The van der Waals surface area contributed by atoms with Gasteiger partial charge in [-0.05, 0) is 12.8 Å². The van der Waals surface area contributed by atoms with Crippen LogP contribution in [-0.2, 0) is 14.8 Å². The lowest BCUT2D eigenvalue weighted by molar-refractivity contribution is -0.121. The Morgan fingerprint density at radius 1 is 1.31 bits per heavy atom. The molecule has 0 aliphatic carbocycles. The van der Waals surface area contributed by atoms with Crippen LogP contribution in [0.25, 0.3) is 0 Å². The highest BCUT2D eigenvalue weighted by Crippen LogP contribution is 1.93. The summed E-state index contributed by atoms with van der Waals surface area (Å²) in [4.78, 5) is 11.2. The van der Waals surface area contributed by atoms with Crippen molar-refractivity contribution < 1.29 is 18.3 Å². The fraction of sp³-hybridized carbons (Fsp3) is 0.889. The minimum absolute atomic E-state index is 0.0715. The smallest absolute Gasteiger partial charge is 0.220 e. The third-order valence-electron chi connectivity index (χ3n) is 1.87. The van der Waals surface area contributed by atoms with Gasteiger partial charge in [0.2, 0.25) is 15.9 Å². The Bertz CT molecular complexity index is 290. The van der Waals surface area contributed by atoms with E-state index < -0.39 is 10.0 Å². The zero-order chi connectivity index (χ0) is 12.4. The molecule has 0 aliphatic heterocycles. The summed E-state index contributed by atoms with van der Waals surface area (Å²) in [5, 5.41) is 11.0. The van der Waals surface area contributed by atoms with Crippen LogP contribution in [0.1, 0.15) is 26.2 Å². The van der Waals surface area contributed by atoms with Gasteiger partial charge in [-0.25, -0.2) is 13.1 Å². The predicted molar refractivity (Wildman–Crippen MR) is 61.4 cm³/mol. The molecule has 3 N–H and O–H groups in total. The van der Waals surface area contributed by atoms with E-state index in [2.05, 4.69) is 10.0 Å². The minimum Gasteiger partial charge on any atom is -0.396 e. The summed E-state index contributed by atoms with van der Waals surface area (Å²) in [6.45, 7) is 2.24. The number of nitrogens with one attached hydrogen (secondary N) is 2. The number of unbranched alkanes of at least 4 members (excludes halogenated alkanes) is 1. The third-order valence-corrected chi connectivity index (χ3v) is 3.34. The Kier molecular flexibility index (Phi) is 8.14. The highest BCUT2D eigenvalue weighted by Gasteiger charge is 2.08. The second-order valence-electron chi connectivity index (χ2n) is 3.35. The van der Waals surface area contributed by atoms with E-state index in [0.29, 0.717) is 25.8 Å². The fourth-order valence-corrected chi connectivity index (χ4v) is 2.06. The monoisotopic (exact) mass is 252 g/mol. The maximum atomic E-state index is 11.2. The standard InChI is InChI=1S/C9H20N2O4S/c1-2-11-16(14,15)8-6-10-9(13)5-3-4-7-12/h11-12H,2-8H2,1H3,(H,10,13). The van der Waals surface area contributed by atoms with Gasteiger partial charge in [0, 0.05) is 26.1 Å². The normalized spacial score (nSPS) is 11.4. The lowest BCUT2D eigenvalue weighted by atomic mass is 10.2. The third kappa shape index (κ3) is 8.63. The largest absolute Gasteiger partial charge is 0.396 e. The topological polar surface area (TPSA) is 95.5 Å². The van der Waals surface area contributed by atoms with Crippen LogP contribution in [0.5, 0.6) is 0 Å². The van der Waals surface area contributed by atoms with Gasteiger partial charge in [-0.3, -0.25) is 4.79 Å².